The molecule has 190 valence electrons. The maximum atomic E-state index is 13.2. The maximum absolute atomic E-state index is 13.2. The van der Waals surface area contributed by atoms with Crippen molar-refractivity contribution in [3.63, 3.8) is 0 Å². The molecule has 12 heteroatoms. The Balaban J connectivity index is 0.000000641. The van der Waals surface area contributed by atoms with E-state index >= 15 is 0 Å². The highest BCUT2D eigenvalue weighted by Crippen LogP contribution is 2.32. The molecule has 0 spiro atoms. The van der Waals surface area contributed by atoms with Gasteiger partial charge in [0.2, 0.25) is 0 Å². The Morgan fingerprint density at radius 2 is 1.40 bits per heavy atom. The summed E-state index contributed by atoms with van der Waals surface area (Å²) in [6, 6.07) is 10.6. The van der Waals surface area contributed by atoms with Crippen LogP contribution in [0.1, 0.15) is 21.5 Å². The summed E-state index contributed by atoms with van der Waals surface area (Å²) in [5.41, 5.74) is 0.0938. The predicted octanol–water partition coefficient (Wildman–Crippen LogP) is 2.84. The predicted molar refractivity (Wildman–Crippen MR) is 117 cm³/mol. The molecule has 0 aliphatic carbocycles. The number of rotatable bonds is 5. The van der Waals surface area contributed by atoms with Gasteiger partial charge in [0.25, 0.3) is 5.91 Å². The van der Waals surface area contributed by atoms with Crippen LogP contribution >= 0.6 is 0 Å². The molecule has 0 bridgehead atoms. The lowest BCUT2D eigenvalue weighted by atomic mass is 10.1. The number of amides is 1. The van der Waals surface area contributed by atoms with Gasteiger partial charge in [-0.2, -0.15) is 13.2 Å². The third-order valence-corrected chi connectivity index (χ3v) is 5.16. The van der Waals surface area contributed by atoms with E-state index in [1.54, 1.807) is 29.2 Å². The molecule has 2 N–H and O–H groups in total. The van der Waals surface area contributed by atoms with Crippen LogP contribution in [0.2, 0.25) is 0 Å². The van der Waals surface area contributed by atoms with Crippen LogP contribution in [0.15, 0.2) is 42.5 Å². The van der Waals surface area contributed by atoms with E-state index in [2.05, 4.69) is 0 Å². The van der Waals surface area contributed by atoms with Crippen LogP contribution in [-0.4, -0.2) is 78.3 Å². The second-order valence-electron chi connectivity index (χ2n) is 7.43. The van der Waals surface area contributed by atoms with E-state index in [0.717, 1.165) is 6.07 Å². The molecule has 0 radical (unpaired) electrons. The molecule has 1 amide bonds. The monoisotopic (exact) mass is 498 g/mol. The molecule has 2 aromatic carbocycles. The summed E-state index contributed by atoms with van der Waals surface area (Å²) in [4.78, 5) is 34.7. The zero-order valence-electron chi connectivity index (χ0n) is 19.0. The number of carbonyl (C=O) groups is 3. The number of nitrogens with zero attached hydrogens (tertiary/aromatic N) is 2. The van der Waals surface area contributed by atoms with Gasteiger partial charge in [-0.3, -0.25) is 9.69 Å². The van der Waals surface area contributed by atoms with Gasteiger partial charge in [0.1, 0.15) is 11.5 Å². The Kier molecular flexibility index (Phi) is 9.46. The minimum absolute atomic E-state index is 0.155. The normalized spacial score (nSPS) is 13.9. The second kappa shape index (κ2) is 12.1. The lowest BCUT2D eigenvalue weighted by molar-refractivity contribution is -0.159. The lowest BCUT2D eigenvalue weighted by Gasteiger charge is -2.35. The van der Waals surface area contributed by atoms with Gasteiger partial charge in [-0.1, -0.05) is 18.2 Å². The molecule has 1 fully saturated rings. The number of aliphatic carboxylic acids is 2. The topological polar surface area (TPSA) is 117 Å². The number of carboxylic acids is 2. The van der Waals surface area contributed by atoms with Gasteiger partial charge in [-0.25, -0.2) is 9.59 Å². The number of halogens is 3. The van der Waals surface area contributed by atoms with Gasteiger partial charge in [-0.15, -0.1) is 0 Å². The summed E-state index contributed by atoms with van der Waals surface area (Å²) in [5.74, 6) is -2.76. The summed E-state index contributed by atoms with van der Waals surface area (Å²) in [6.45, 7) is 2.07. The van der Waals surface area contributed by atoms with Crippen LogP contribution in [-0.2, 0) is 22.3 Å². The van der Waals surface area contributed by atoms with Crippen LogP contribution in [0.4, 0.5) is 13.2 Å². The lowest BCUT2D eigenvalue weighted by Crippen LogP contribution is -2.48. The molecule has 0 unspecified atom stereocenters. The van der Waals surface area contributed by atoms with Crippen molar-refractivity contribution in [1.82, 2.24) is 9.80 Å². The first kappa shape index (κ1) is 27.4. The number of hydrogen-bond acceptors (Lipinski definition) is 6. The highest BCUT2D eigenvalue weighted by atomic mass is 19.4. The fourth-order valence-electron chi connectivity index (χ4n) is 3.40. The number of ether oxygens (including phenoxy) is 2. The van der Waals surface area contributed by atoms with E-state index in [1.165, 1.54) is 26.4 Å². The average Bonchev–Trinajstić information content (AvgIpc) is 2.83. The van der Waals surface area contributed by atoms with Crippen molar-refractivity contribution >= 4 is 17.8 Å². The van der Waals surface area contributed by atoms with Crippen LogP contribution in [0.3, 0.4) is 0 Å². The van der Waals surface area contributed by atoms with Crippen molar-refractivity contribution in [3.05, 3.63) is 59.2 Å². The zero-order chi connectivity index (χ0) is 26.2. The zero-order valence-corrected chi connectivity index (χ0v) is 19.0. The fourth-order valence-corrected chi connectivity index (χ4v) is 3.40. The molecule has 0 atom stereocenters. The Morgan fingerprint density at radius 3 is 1.86 bits per heavy atom. The largest absolute Gasteiger partial charge is 0.497 e. The van der Waals surface area contributed by atoms with Gasteiger partial charge in [0, 0.05) is 44.4 Å². The average molecular weight is 498 g/mol. The van der Waals surface area contributed by atoms with Crippen LogP contribution < -0.4 is 9.47 Å². The number of alkyl halides is 3. The molecule has 9 nitrogen and oxygen atoms in total. The minimum atomic E-state index is -4.38. The molecule has 1 aliphatic rings. The van der Waals surface area contributed by atoms with Crippen LogP contribution in [0.5, 0.6) is 11.5 Å². The molecule has 1 aliphatic heterocycles. The Labute approximate surface area is 199 Å². The molecule has 35 heavy (non-hydrogen) atoms. The van der Waals surface area contributed by atoms with Crippen molar-refractivity contribution in [1.29, 1.82) is 0 Å². The fraction of sp³-hybridized carbons (Fsp3) is 0.348. The van der Waals surface area contributed by atoms with E-state index < -0.39 is 23.7 Å². The minimum Gasteiger partial charge on any atom is -0.497 e. The first-order valence-corrected chi connectivity index (χ1v) is 10.3. The Morgan fingerprint density at radius 1 is 0.886 bits per heavy atom. The van der Waals surface area contributed by atoms with E-state index in [9.17, 15) is 18.0 Å². The van der Waals surface area contributed by atoms with Gasteiger partial charge in [-0.05, 0) is 23.8 Å². The van der Waals surface area contributed by atoms with Gasteiger partial charge < -0.3 is 24.6 Å². The smallest absolute Gasteiger partial charge is 0.416 e. The third-order valence-electron chi connectivity index (χ3n) is 5.16. The number of benzene rings is 2. The standard InChI is InChI=1S/C21H23F3N2O3.C2H2O4/c1-28-17-11-16(12-18(13-17)29-2)20(27)26-9-7-25(8-10-26)14-15-5-3-4-6-19(15)21(22,23)24;3-1(4)2(5)6/h3-6,11-13H,7-10,14H2,1-2H3;(H,3,4)(H,5,6). The van der Waals surface area contributed by atoms with Gasteiger partial charge in [0.05, 0.1) is 19.8 Å². The summed E-state index contributed by atoms with van der Waals surface area (Å²) in [7, 11) is 3.03. The molecule has 2 aromatic rings. The van der Waals surface area contributed by atoms with Crippen molar-refractivity contribution in [2.75, 3.05) is 40.4 Å². The Hall–Kier alpha value is -3.80. The molecule has 3 rings (SSSR count). The third kappa shape index (κ3) is 7.88. The van der Waals surface area contributed by atoms with E-state index in [0.29, 0.717) is 43.2 Å². The maximum Gasteiger partial charge on any atom is 0.416 e. The van der Waals surface area contributed by atoms with Crippen LogP contribution in [0, 0.1) is 0 Å². The Bertz CT molecular complexity index is 1020. The highest BCUT2D eigenvalue weighted by Gasteiger charge is 2.33. The van der Waals surface area contributed by atoms with Gasteiger partial charge in [0.15, 0.2) is 0 Å². The molecule has 1 heterocycles. The van der Waals surface area contributed by atoms with Crippen molar-refractivity contribution in [2.45, 2.75) is 12.7 Å². The summed E-state index contributed by atoms with van der Waals surface area (Å²) >= 11 is 0. The number of piperazine rings is 1. The molecular weight excluding hydrogens is 473 g/mol. The van der Waals surface area contributed by atoms with E-state index in [4.69, 9.17) is 29.3 Å². The second-order valence-corrected chi connectivity index (χ2v) is 7.43. The van der Waals surface area contributed by atoms with E-state index in [1.807, 2.05) is 4.90 Å². The SMILES string of the molecule is COc1cc(OC)cc(C(=O)N2CCN(Cc3ccccc3C(F)(F)F)CC2)c1.O=C(O)C(=O)O. The number of carbonyl (C=O) groups excluding carboxylic acids is 1. The van der Waals surface area contributed by atoms with Crippen LogP contribution in [0.25, 0.3) is 0 Å². The first-order chi connectivity index (χ1) is 16.5. The van der Waals surface area contributed by atoms with Gasteiger partial charge >= 0.3 is 18.1 Å². The number of hydrogen-bond donors (Lipinski definition) is 2. The summed E-state index contributed by atoms with van der Waals surface area (Å²) < 4.78 is 50.0. The summed E-state index contributed by atoms with van der Waals surface area (Å²) in [5, 5.41) is 14.8. The highest BCUT2D eigenvalue weighted by molar-refractivity contribution is 6.27. The van der Waals surface area contributed by atoms with Crippen molar-refractivity contribution in [2.24, 2.45) is 0 Å². The molecule has 0 aromatic heterocycles. The summed E-state index contributed by atoms with van der Waals surface area (Å²) in [6.07, 6.45) is -4.38. The van der Waals surface area contributed by atoms with E-state index in [-0.39, 0.29) is 18.0 Å². The quantitative estimate of drug-likeness (QED) is 0.605. The van der Waals surface area contributed by atoms with Crippen molar-refractivity contribution < 1.29 is 47.2 Å². The first-order valence-electron chi connectivity index (χ1n) is 10.3. The number of carboxylic acid groups (broad SMARTS) is 2. The molecule has 1 saturated heterocycles. The van der Waals surface area contributed by atoms with Crippen molar-refractivity contribution in [3.8, 4) is 11.5 Å². The molecule has 0 saturated carbocycles. The molecular formula is C23H25F3N2O7. The number of methoxy groups -OCH3 is 2.